The molecule has 0 saturated heterocycles. The number of hydrogen-bond acceptors (Lipinski definition) is 9. The highest BCUT2D eigenvalue weighted by Crippen LogP contribution is 2.04. The van der Waals surface area contributed by atoms with Crippen molar-refractivity contribution in [2.24, 2.45) is 11.5 Å². The van der Waals surface area contributed by atoms with Crippen LogP contribution in [0.1, 0.15) is 25.0 Å². The number of carbonyl (C=O) groups excluding carboxylic acids is 4. The second-order valence-electron chi connectivity index (χ2n) is 7.19. The molecule has 4 amide bonds. The molecular weight excluding hydrogens is 474 g/mol. The van der Waals surface area contributed by atoms with Gasteiger partial charge in [0.15, 0.2) is 0 Å². The fourth-order valence-corrected chi connectivity index (χ4v) is 2.84. The number of aliphatic carboxylic acids is 2. The van der Waals surface area contributed by atoms with E-state index >= 15 is 0 Å². The average molecular weight is 502 g/mol. The summed E-state index contributed by atoms with van der Waals surface area (Å²) >= 11 is 3.87. The summed E-state index contributed by atoms with van der Waals surface area (Å²) in [5.41, 5.74) is 11.1. The van der Waals surface area contributed by atoms with Crippen molar-refractivity contribution in [3.63, 3.8) is 0 Å². The number of carboxylic acids is 2. The Morgan fingerprint density at radius 2 is 1.59 bits per heavy atom. The number of primary amides is 1. The molecule has 1 aromatic rings. The summed E-state index contributed by atoms with van der Waals surface area (Å²) in [7, 11) is 0. The molecule has 4 atom stereocenters. The zero-order chi connectivity index (χ0) is 25.8. The van der Waals surface area contributed by atoms with E-state index in [9.17, 15) is 33.9 Å². The molecule has 4 unspecified atom stereocenters. The molecule has 0 aliphatic rings. The van der Waals surface area contributed by atoms with E-state index in [0.29, 0.717) is 5.69 Å². The van der Waals surface area contributed by atoms with Gasteiger partial charge in [0.25, 0.3) is 0 Å². The number of hydrogen-bond donors (Lipinski definition) is 9. The average Bonchev–Trinajstić information content (AvgIpc) is 3.27. The Morgan fingerprint density at radius 3 is 2.09 bits per heavy atom. The number of rotatable bonds is 15. The Kier molecular flexibility index (Phi) is 11.5. The van der Waals surface area contributed by atoms with Crippen LogP contribution in [0.15, 0.2) is 12.5 Å². The van der Waals surface area contributed by atoms with Crippen molar-refractivity contribution in [3.05, 3.63) is 18.2 Å². The number of imidazole rings is 1. The van der Waals surface area contributed by atoms with Crippen molar-refractivity contribution in [1.29, 1.82) is 0 Å². The molecule has 0 aromatic carbocycles. The predicted octanol–water partition coefficient (Wildman–Crippen LogP) is -3.51. The fourth-order valence-electron chi connectivity index (χ4n) is 2.67. The van der Waals surface area contributed by atoms with Gasteiger partial charge in [0.05, 0.1) is 18.8 Å². The molecule has 0 spiro atoms. The van der Waals surface area contributed by atoms with E-state index in [4.69, 9.17) is 16.6 Å². The first kappa shape index (κ1) is 28.4. The third kappa shape index (κ3) is 9.86. The number of thiol groups is 1. The van der Waals surface area contributed by atoms with Crippen LogP contribution < -0.4 is 27.4 Å². The van der Waals surface area contributed by atoms with E-state index < -0.39 is 72.6 Å². The van der Waals surface area contributed by atoms with Crippen molar-refractivity contribution >= 4 is 48.2 Å². The summed E-state index contributed by atoms with van der Waals surface area (Å²) in [6.45, 7) is 0. The maximum absolute atomic E-state index is 12.7. The predicted molar refractivity (Wildman–Crippen MR) is 118 cm³/mol. The van der Waals surface area contributed by atoms with E-state index in [-0.39, 0.29) is 18.6 Å². The molecule has 1 heterocycles. The number of aromatic nitrogens is 2. The third-order valence-corrected chi connectivity index (χ3v) is 4.84. The van der Waals surface area contributed by atoms with Crippen LogP contribution in [0.4, 0.5) is 0 Å². The minimum Gasteiger partial charge on any atom is -0.481 e. The van der Waals surface area contributed by atoms with Crippen molar-refractivity contribution in [2.45, 2.75) is 49.9 Å². The van der Waals surface area contributed by atoms with Crippen LogP contribution in [0.2, 0.25) is 0 Å². The van der Waals surface area contributed by atoms with Crippen molar-refractivity contribution < 1.29 is 39.0 Å². The molecule has 0 bridgehead atoms. The summed E-state index contributed by atoms with van der Waals surface area (Å²) in [4.78, 5) is 77.8. The van der Waals surface area contributed by atoms with Crippen LogP contribution in [0.25, 0.3) is 0 Å². The Balaban J connectivity index is 2.99. The Morgan fingerprint density at radius 1 is 1.00 bits per heavy atom. The fraction of sp³-hybridized carbons (Fsp3) is 0.500. The number of amides is 4. The summed E-state index contributed by atoms with van der Waals surface area (Å²) < 4.78 is 0. The van der Waals surface area contributed by atoms with Gasteiger partial charge in [-0.3, -0.25) is 24.0 Å². The number of nitrogens with zero attached hydrogens (tertiary/aromatic N) is 1. The lowest BCUT2D eigenvalue weighted by Gasteiger charge is -2.24. The van der Waals surface area contributed by atoms with E-state index in [0.717, 1.165) is 0 Å². The first-order valence-corrected chi connectivity index (χ1v) is 10.6. The van der Waals surface area contributed by atoms with Gasteiger partial charge in [-0.05, 0) is 6.42 Å². The highest BCUT2D eigenvalue weighted by Gasteiger charge is 2.31. The number of nitrogens with one attached hydrogen (secondary N) is 4. The molecule has 0 aliphatic carbocycles. The second-order valence-corrected chi connectivity index (χ2v) is 7.56. The van der Waals surface area contributed by atoms with Crippen molar-refractivity contribution in [3.8, 4) is 0 Å². The lowest BCUT2D eigenvalue weighted by atomic mass is 10.1. The van der Waals surface area contributed by atoms with Gasteiger partial charge in [0.1, 0.15) is 18.1 Å². The number of carbonyl (C=O) groups is 6. The maximum Gasteiger partial charge on any atom is 0.326 e. The van der Waals surface area contributed by atoms with Crippen LogP contribution in [-0.4, -0.2) is 85.7 Å². The maximum atomic E-state index is 12.7. The van der Waals surface area contributed by atoms with Gasteiger partial charge in [-0.25, -0.2) is 9.78 Å². The minimum atomic E-state index is -1.60. The normalized spacial score (nSPS) is 14.2. The van der Waals surface area contributed by atoms with Gasteiger partial charge in [-0.15, -0.1) is 0 Å². The van der Waals surface area contributed by atoms with Crippen LogP contribution in [0.5, 0.6) is 0 Å². The second kappa shape index (κ2) is 13.8. The third-order valence-electron chi connectivity index (χ3n) is 4.45. The molecule has 1 aromatic heterocycles. The van der Waals surface area contributed by atoms with Gasteiger partial charge < -0.3 is 42.6 Å². The Labute approximate surface area is 198 Å². The van der Waals surface area contributed by atoms with Crippen LogP contribution in [0.3, 0.4) is 0 Å². The van der Waals surface area contributed by atoms with E-state index in [1.165, 1.54) is 12.5 Å². The van der Waals surface area contributed by atoms with E-state index in [2.05, 4.69) is 38.5 Å². The molecular formula is C18H27N7O8S. The lowest BCUT2D eigenvalue weighted by Crippen LogP contribution is -2.58. The first-order chi connectivity index (χ1) is 15.9. The smallest absolute Gasteiger partial charge is 0.326 e. The summed E-state index contributed by atoms with van der Waals surface area (Å²) in [5.74, 6) is -6.50. The molecule has 0 saturated carbocycles. The molecule has 34 heavy (non-hydrogen) atoms. The first-order valence-electron chi connectivity index (χ1n) is 9.92. The molecule has 0 fully saturated rings. The number of H-pyrrole nitrogens is 1. The number of nitrogens with two attached hydrogens (primary N) is 2. The highest BCUT2D eigenvalue weighted by atomic mass is 32.1. The van der Waals surface area contributed by atoms with Crippen LogP contribution >= 0.6 is 12.6 Å². The van der Waals surface area contributed by atoms with Crippen molar-refractivity contribution in [1.82, 2.24) is 25.9 Å². The molecule has 16 heteroatoms. The molecule has 15 nitrogen and oxygen atoms in total. The number of aromatic amines is 1. The van der Waals surface area contributed by atoms with Crippen LogP contribution in [-0.2, 0) is 35.2 Å². The molecule has 0 aliphatic heterocycles. The van der Waals surface area contributed by atoms with E-state index in [1.54, 1.807) is 0 Å². The SMILES string of the molecule is NC(=O)CC(NC(=O)C(CCC(=O)O)NC(=O)C(N)CS)C(=O)NC(Cc1cnc[nH]1)C(=O)O. The lowest BCUT2D eigenvalue weighted by molar-refractivity contribution is -0.142. The highest BCUT2D eigenvalue weighted by molar-refractivity contribution is 7.80. The van der Waals surface area contributed by atoms with Gasteiger partial charge in [-0.2, -0.15) is 12.6 Å². The molecule has 10 N–H and O–H groups in total. The largest absolute Gasteiger partial charge is 0.481 e. The van der Waals surface area contributed by atoms with E-state index in [1.807, 2.05) is 0 Å². The Bertz CT molecular complexity index is 895. The monoisotopic (exact) mass is 501 g/mol. The van der Waals surface area contributed by atoms with Gasteiger partial charge >= 0.3 is 11.9 Å². The zero-order valence-corrected chi connectivity index (χ0v) is 18.8. The molecule has 188 valence electrons. The van der Waals surface area contributed by atoms with Crippen molar-refractivity contribution in [2.75, 3.05) is 5.75 Å². The minimum absolute atomic E-state index is 0.0568. The zero-order valence-electron chi connectivity index (χ0n) is 17.9. The molecule has 0 radical (unpaired) electrons. The standard InChI is InChI=1S/C18H27N7O8S/c19-9(6-34)15(29)23-10(1-2-14(27)28)16(30)24-11(4-13(20)26)17(31)25-12(18(32)33)3-8-5-21-7-22-8/h5,7,9-12,34H,1-4,6,19H2,(H2,20,26)(H,21,22)(H,23,29)(H,24,30)(H,25,31)(H,27,28)(H,32,33). The topological polar surface area (TPSA) is 260 Å². The Hall–Kier alpha value is -3.66. The summed E-state index contributed by atoms with van der Waals surface area (Å²) in [6.07, 6.45) is 0.954. The molecule has 1 rings (SSSR count). The van der Waals surface area contributed by atoms with Gasteiger partial charge in [0, 0.05) is 30.5 Å². The number of carboxylic acid groups (broad SMARTS) is 2. The summed E-state index contributed by atoms with van der Waals surface area (Å²) in [6, 6.07) is -5.54. The quantitative estimate of drug-likeness (QED) is 0.107. The van der Waals surface area contributed by atoms with Gasteiger partial charge in [0.2, 0.25) is 23.6 Å². The van der Waals surface area contributed by atoms with Crippen LogP contribution in [0, 0.1) is 0 Å². The van der Waals surface area contributed by atoms with Gasteiger partial charge in [-0.1, -0.05) is 0 Å². The summed E-state index contributed by atoms with van der Waals surface area (Å²) in [5, 5.41) is 25.0.